The summed E-state index contributed by atoms with van der Waals surface area (Å²) in [6, 6.07) is 9.21. The van der Waals surface area contributed by atoms with Crippen molar-refractivity contribution in [3.05, 3.63) is 35.4 Å². The molecule has 0 saturated heterocycles. The van der Waals surface area contributed by atoms with E-state index in [9.17, 15) is 0 Å². The number of nitrogens with two attached hydrogens (primary N) is 1. The van der Waals surface area contributed by atoms with E-state index in [2.05, 4.69) is 36.1 Å². The minimum Gasteiger partial charge on any atom is -0.329 e. The summed E-state index contributed by atoms with van der Waals surface area (Å²) in [7, 11) is 0. The molecule has 2 N–H and O–H groups in total. The van der Waals surface area contributed by atoms with Gasteiger partial charge in [0.2, 0.25) is 0 Å². The molecule has 1 atom stereocenters. The smallest absolute Gasteiger partial charge is 0.0239 e. The Kier molecular flexibility index (Phi) is 2.85. The summed E-state index contributed by atoms with van der Waals surface area (Å²) in [6.45, 7) is 5.17. The van der Waals surface area contributed by atoms with Gasteiger partial charge in [0.15, 0.2) is 0 Å². The van der Waals surface area contributed by atoms with E-state index in [1.807, 2.05) is 0 Å². The standard InChI is InChI=1S/C12H18N2/c1-10(8-13)14-7-6-11-4-2-3-5-12(11)9-14/h2-5,10H,6-9,13H2,1H3. The summed E-state index contributed by atoms with van der Waals surface area (Å²) >= 11 is 0. The molecule has 0 radical (unpaired) electrons. The van der Waals surface area contributed by atoms with Crippen LogP contribution in [0, 0.1) is 0 Å². The van der Waals surface area contributed by atoms with E-state index in [1.54, 1.807) is 0 Å². The van der Waals surface area contributed by atoms with Crippen molar-refractivity contribution in [2.24, 2.45) is 5.73 Å². The lowest BCUT2D eigenvalue weighted by Gasteiger charge is -2.33. The molecule has 2 heteroatoms. The highest BCUT2D eigenvalue weighted by Crippen LogP contribution is 2.19. The van der Waals surface area contributed by atoms with E-state index in [-0.39, 0.29) is 0 Å². The zero-order valence-electron chi connectivity index (χ0n) is 8.74. The van der Waals surface area contributed by atoms with Crippen molar-refractivity contribution >= 4 is 0 Å². The predicted molar refractivity (Wildman–Crippen MR) is 59.1 cm³/mol. The summed E-state index contributed by atoms with van der Waals surface area (Å²) in [6.07, 6.45) is 1.17. The van der Waals surface area contributed by atoms with Gasteiger partial charge in [-0.05, 0) is 24.5 Å². The van der Waals surface area contributed by atoms with Crippen LogP contribution < -0.4 is 5.73 Å². The first-order valence-electron chi connectivity index (χ1n) is 5.32. The third-order valence-corrected chi connectivity index (χ3v) is 3.12. The highest BCUT2D eigenvalue weighted by molar-refractivity contribution is 5.29. The van der Waals surface area contributed by atoms with Crippen LogP contribution in [0.4, 0.5) is 0 Å². The van der Waals surface area contributed by atoms with E-state index in [4.69, 9.17) is 5.73 Å². The minimum atomic E-state index is 0.503. The van der Waals surface area contributed by atoms with Crippen LogP contribution in [0.3, 0.4) is 0 Å². The summed E-state index contributed by atoms with van der Waals surface area (Å²) in [5.41, 5.74) is 8.66. The average Bonchev–Trinajstić information content (AvgIpc) is 2.27. The number of nitrogens with zero attached hydrogens (tertiary/aromatic N) is 1. The maximum absolute atomic E-state index is 5.68. The van der Waals surface area contributed by atoms with Crippen LogP contribution >= 0.6 is 0 Å². The molecule has 0 aliphatic carbocycles. The van der Waals surface area contributed by atoms with Gasteiger partial charge in [-0.3, -0.25) is 4.90 Å². The fraction of sp³-hybridized carbons (Fsp3) is 0.500. The molecule has 1 unspecified atom stereocenters. The molecule has 1 heterocycles. The van der Waals surface area contributed by atoms with Gasteiger partial charge in [-0.2, -0.15) is 0 Å². The van der Waals surface area contributed by atoms with Crippen LogP contribution in [-0.2, 0) is 13.0 Å². The zero-order chi connectivity index (χ0) is 9.97. The van der Waals surface area contributed by atoms with Crippen LogP contribution in [0.5, 0.6) is 0 Å². The molecule has 2 rings (SSSR count). The molecular formula is C12H18N2. The van der Waals surface area contributed by atoms with Crippen LogP contribution in [0.15, 0.2) is 24.3 Å². The van der Waals surface area contributed by atoms with Crippen molar-refractivity contribution in [2.45, 2.75) is 25.9 Å². The van der Waals surface area contributed by atoms with Crippen molar-refractivity contribution in [1.29, 1.82) is 0 Å². The lowest BCUT2D eigenvalue weighted by molar-refractivity contribution is 0.195. The fourth-order valence-electron chi connectivity index (χ4n) is 2.04. The van der Waals surface area contributed by atoms with Crippen molar-refractivity contribution in [3.8, 4) is 0 Å². The van der Waals surface area contributed by atoms with Crippen molar-refractivity contribution in [2.75, 3.05) is 13.1 Å². The number of hydrogen-bond acceptors (Lipinski definition) is 2. The van der Waals surface area contributed by atoms with Gasteiger partial charge in [0, 0.05) is 25.7 Å². The molecule has 1 aliphatic heterocycles. The number of benzene rings is 1. The van der Waals surface area contributed by atoms with E-state index in [1.165, 1.54) is 17.5 Å². The Balaban J connectivity index is 2.13. The van der Waals surface area contributed by atoms with E-state index in [0.29, 0.717) is 6.04 Å². The molecule has 1 aromatic carbocycles. The lowest BCUT2D eigenvalue weighted by Crippen LogP contribution is -2.41. The maximum Gasteiger partial charge on any atom is 0.0239 e. The molecule has 0 saturated carbocycles. The quantitative estimate of drug-likeness (QED) is 0.763. The Morgan fingerprint density at radius 2 is 2.07 bits per heavy atom. The number of rotatable bonds is 2. The molecule has 0 amide bonds. The highest BCUT2D eigenvalue weighted by atomic mass is 15.2. The van der Waals surface area contributed by atoms with Crippen molar-refractivity contribution in [1.82, 2.24) is 4.90 Å². The van der Waals surface area contributed by atoms with Gasteiger partial charge in [-0.15, -0.1) is 0 Å². The summed E-state index contributed by atoms with van der Waals surface area (Å²) < 4.78 is 0. The Morgan fingerprint density at radius 1 is 1.36 bits per heavy atom. The normalized spacial score (nSPS) is 19.0. The molecule has 0 aromatic heterocycles. The molecule has 76 valence electrons. The van der Waals surface area contributed by atoms with Gasteiger partial charge in [-0.25, -0.2) is 0 Å². The molecule has 0 spiro atoms. The summed E-state index contributed by atoms with van der Waals surface area (Å²) in [5.74, 6) is 0. The second-order valence-electron chi connectivity index (χ2n) is 4.07. The first kappa shape index (κ1) is 9.69. The molecule has 0 bridgehead atoms. The SMILES string of the molecule is CC(CN)N1CCc2ccccc2C1. The van der Waals surface area contributed by atoms with Crippen LogP contribution in [0.2, 0.25) is 0 Å². The minimum absolute atomic E-state index is 0.503. The van der Waals surface area contributed by atoms with Crippen LogP contribution in [0.1, 0.15) is 18.1 Å². The van der Waals surface area contributed by atoms with Gasteiger partial charge >= 0.3 is 0 Å². The van der Waals surface area contributed by atoms with E-state index in [0.717, 1.165) is 19.6 Å². The van der Waals surface area contributed by atoms with Gasteiger partial charge in [0.05, 0.1) is 0 Å². The molecule has 1 aromatic rings. The Hall–Kier alpha value is -0.860. The Bertz CT molecular complexity index is 309. The van der Waals surface area contributed by atoms with Gasteiger partial charge in [-0.1, -0.05) is 24.3 Å². The van der Waals surface area contributed by atoms with Gasteiger partial charge < -0.3 is 5.73 Å². The van der Waals surface area contributed by atoms with Crippen molar-refractivity contribution < 1.29 is 0 Å². The average molecular weight is 190 g/mol. The monoisotopic (exact) mass is 190 g/mol. The fourth-order valence-corrected chi connectivity index (χ4v) is 2.04. The number of hydrogen-bond donors (Lipinski definition) is 1. The van der Waals surface area contributed by atoms with E-state index >= 15 is 0 Å². The predicted octanol–water partition coefficient (Wildman–Crippen LogP) is 1.39. The zero-order valence-corrected chi connectivity index (χ0v) is 8.74. The topological polar surface area (TPSA) is 29.3 Å². The molecule has 1 aliphatic rings. The maximum atomic E-state index is 5.68. The number of fused-ring (bicyclic) bond motifs is 1. The third-order valence-electron chi connectivity index (χ3n) is 3.12. The summed E-state index contributed by atoms with van der Waals surface area (Å²) in [4.78, 5) is 2.46. The Labute approximate surface area is 85.7 Å². The van der Waals surface area contributed by atoms with E-state index < -0.39 is 0 Å². The van der Waals surface area contributed by atoms with Gasteiger partial charge in [0.1, 0.15) is 0 Å². The molecule has 0 fully saturated rings. The van der Waals surface area contributed by atoms with Crippen molar-refractivity contribution in [3.63, 3.8) is 0 Å². The van der Waals surface area contributed by atoms with Gasteiger partial charge in [0.25, 0.3) is 0 Å². The largest absolute Gasteiger partial charge is 0.329 e. The molecule has 2 nitrogen and oxygen atoms in total. The first-order chi connectivity index (χ1) is 6.81. The lowest BCUT2D eigenvalue weighted by atomic mass is 9.99. The van der Waals surface area contributed by atoms with Crippen LogP contribution in [0.25, 0.3) is 0 Å². The second kappa shape index (κ2) is 4.11. The highest BCUT2D eigenvalue weighted by Gasteiger charge is 2.18. The second-order valence-corrected chi connectivity index (χ2v) is 4.07. The first-order valence-corrected chi connectivity index (χ1v) is 5.32. The molecule has 14 heavy (non-hydrogen) atoms. The summed E-state index contributed by atoms with van der Waals surface area (Å²) in [5, 5.41) is 0. The third kappa shape index (κ3) is 1.81. The molecular weight excluding hydrogens is 172 g/mol. The van der Waals surface area contributed by atoms with Crippen LogP contribution in [-0.4, -0.2) is 24.0 Å². The Morgan fingerprint density at radius 3 is 2.79 bits per heavy atom.